The number of carboxylic acids is 1. The third-order valence-electron chi connectivity index (χ3n) is 3.60. The van der Waals surface area contributed by atoms with E-state index in [9.17, 15) is 14.7 Å². The smallest absolute Gasteiger partial charge is 0.310 e. The number of nitrogens with zero attached hydrogens (tertiary/aromatic N) is 1. The van der Waals surface area contributed by atoms with Crippen LogP contribution in [0.3, 0.4) is 0 Å². The summed E-state index contributed by atoms with van der Waals surface area (Å²) in [6.45, 7) is 3.39. The Labute approximate surface area is 101 Å². The van der Waals surface area contributed by atoms with E-state index < -0.39 is 11.4 Å². The lowest BCUT2D eigenvalue weighted by Crippen LogP contribution is -2.49. The molecule has 2 fully saturated rings. The molecule has 1 amide bonds. The van der Waals surface area contributed by atoms with Crippen molar-refractivity contribution in [3.63, 3.8) is 0 Å². The summed E-state index contributed by atoms with van der Waals surface area (Å²) in [6, 6.07) is 0.373. The molecule has 0 spiro atoms. The Morgan fingerprint density at radius 2 is 2.18 bits per heavy atom. The quantitative estimate of drug-likeness (QED) is 0.748. The number of carboxylic acid groups (broad SMARTS) is 1. The Morgan fingerprint density at radius 1 is 1.47 bits per heavy atom. The van der Waals surface area contributed by atoms with Crippen molar-refractivity contribution in [3.05, 3.63) is 0 Å². The van der Waals surface area contributed by atoms with Gasteiger partial charge in [0.2, 0.25) is 5.91 Å². The van der Waals surface area contributed by atoms with Crippen molar-refractivity contribution in [2.24, 2.45) is 5.41 Å². The van der Waals surface area contributed by atoms with Gasteiger partial charge in [-0.15, -0.1) is 0 Å². The summed E-state index contributed by atoms with van der Waals surface area (Å²) >= 11 is 0. The van der Waals surface area contributed by atoms with Gasteiger partial charge in [0.1, 0.15) is 0 Å². The number of carbonyl (C=O) groups is 2. The van der Waals surface area contributed by atoms with E-state index in [0.29, 0.717) is 25.6 Å². The Balaban J connectivity index is 1.84. The molecule has 1 heterocycles. The van der Waals surface area contributed by atoms with Gasteiger partial charge < -0.3 is 10.4 Å². The molecule has 2 N–H and O–H groups in total. The van der Waals surface area contributed by atoms with Gasteiger partial charge in [-0.2, -0.15) is 0 Å². The normalized spacial score (nSPS) is 29.9. The Kier molecular flexibility index (Phi) is 3.38. The van der Waals surface area contributed by atoms with Crippen molar-refractivity contribution in [1.82, 2.24) is 10.2 Å². The second kappa shape index (κ2) is 4.64. The topological polar surface area (TPSA) is 69.6 Å². The molecule has 0 aromatic heterocycles. The Bertz CT molecular complexity index is 328. The average Bonchev–Trinajstić information content (AvgIpc) is 3.01. The van der Waals surface area contributed by atoms with Gasteiger partial charge >= 0.3 is 5.97 Å². The highest BCUT2D eigenvalue weighted by atomic mass is 16.4. The van der Waals surface area contributed by atoms with E-state index in [1.54, 1.807) is 6.92 Å². The molecule has 1 atom stereocenters. The van der Waals surface area contributed by atoms with E-state index >= 15 is 0 Å². The summed E-state index contributed by atoms with van der Waals surface area (Å²) in [6.07, 6.45) is 3.71. The highest BCUT2D eigenvalue weighted by Crippen LogP contribution is 2.29. The SMILES string of the molecule is CC1(C(=O)O)CCCN(CC(=O)NC2CC2)C1. The fourth-order valence-electron chi connectivity index (χ4n) is 2.36. The Hall–Kier alpha value is -1.10. The minimum absolute atomic E-state index is 0.0298. The van der Waals surface area contributed by atoms with Crippen molar-refractivity contribution in [2.75, 3.05) is 19.6 Å². The number of hydrogen-bond donors (Lipinski definition) is 2. The monoisotopic (exact) mass is 240 g/mol. The van der Waals surface area contributed by atoms with Crippen LogP contribution < -0.4 is 5.32 Å². The third kappa shape index (κ3) is 3.19. The van der Waals surface area contributed by atoms with Gasteiger partial charge in [0, 0.05) is 12.6 Å². The highest BCUT2D eigenvalue weighted by molar-refractivity contribution is 5.79. The fourth-order valence-corrected chi connectivity index (χ4v) is 2.36. The van der Waals surface area contributed by atoms with Gasteiger partial charge in [-0.3, -0.25) is 14.5 Å². The molecule has 1 aliphatic carbocycles. The molecule has 0 aromatic rings. The zero-order valence-electron chi connectivity index (χ0n) is 10.2. The maximum absolute atomic E-state index is 11.6. The van der Waals surface area contributed by atoms with E-state index in [1.807, 2.05) is 4.90 Å². The minimum atomic E-state index is -0.759. The summed E-state index contributed by atoms with van der Waals surface area (Å²) in [5.41, 5.74) is -0.696. The van der Waals surface area contributed by atoms with Crippen LogP contribution in [0.4, 0.5) is 0 Å². The van der Waals surface area contributed by atoms with Crippen molar-refractivity contribution < 1.29 is 14.7 Å². The maximum Gasteiger partial charge on any atom is 0.310 e. The predicted molar refractivity (Wildman–Crippen MR) is 62.6 cm³/mol. The van der Waals surface area contributed by atoms with Gasteiger partial charge in [0.15, 0.2) is 0 Å². The van der Waals surface area contributed by atoms with Crippen LogP contribution in [-0.2, 0) is 9.59 Å². The van der Waals surface area contributed by atoms with Crippen molar-refractivity contribution in [3.8, 4) is 0 Å². The molecule has 0 bridgehead atoms. The molecule has 1 saturated heterocycles. The molecule has 0 radical (unpaired) electrons. The van der Waals surface area contributed by atoms with E-state index in [1.165, 1.54) is 0 Å². The predicted octanol–water partition coefficient (Wildman–Crippen LogP) is 0.452. The first-order valence-corrected chi connectivity index (χ1v) is 6.25. The number of hydrogen-bond acceptors (Lipinski definition) is 3. The van der Waals surface area contributed by atoms with Crippen LogP contribution in [0.1, 0.15) is 32.6 Å². The first-order valence-electron chi connectivity index (χ1n) is 6.25. The highest BCUT2D eigenvalue weighted by Gasteiger charge is 2.38. The number of likely N-dealkylation sites (tertiary alicyclic amines) is 1. The fraction of sp³-hybridized carbons (Fsp3) is 0.833. The van der Waals surface area contributed by atoms with Gasteiger partial charge in [-0.1, -0.05) is 0 Å². The molecule has 1 saturated carbocycles. The third-order valence-corrected chi connectivity index (χ3v) is 3.60. The molecule has 2 rings (SSSR count). The number of amides is 1. The lowest BCUT2D eigenvalue weighted by atomic mass is 9.82. The van der Waals surface area contributed by atoms with Crippen LogP contribution in [0, 0.1) is 5.41 Å². The number of rotatable bonds is 4. The summed E-state index contributed by atoms with van der Waals surface area (Å²) in [5.74, 6) is -0.730. The van der Waals surface area contributed by atoms with Gasteiger partial charge in [-0.05, 0) is 39.2 Å². The van der Waals surface area contributed by atoms with Gasteiger partial charge in [0.05, 0.1) is 12.0 Å². The molecule has 5 heteroatoms. The van der Waals surface area contributed by atoms with Crippen molar-refractivity contribution in [2.45, 2.75) is 38.6 Å². The molecule has 0 aromatic carbocycles. The second-order valence-electron chi connectivity index (χ2n) is 5.52. The molecular weight excluding hydrogens is 220 g/mol. The zero-order chi connectivity index (χ0) is 12.5. The number of piperidine rings is 1. The first kappa shape index (κ1) is 12.4. The van der Waals surface area contributed by atoms with Crippen molar-refractivity contribution >= 4 is 11.9 Å². The first-order chi connectivity index (χ1) is 7.99. The summed E-state index contributed by atoms with van der Waals surface area (Å²) in [4.78, 5) is 24.8. The van der Waals surface area contributed by atoms with E-state index in [4.69, 9.17) is 0 Å². The maximum atomic E-state index is 11.6. The number of nitrogens with one attached hydrogen (secondary N) is 1. The van der Waals surface area contributed by atoms with Gasteiger partial charge in [0.25, 0.3) is 0 Å². The lowest BCUT2D eigenvalue weighted by molar-refractivity contribution is -0.151. The zero-order valence-corrected chi connectivity index (χ0v) is 10.2. The minimum Gasteiger partial charge on any atom is -0.481 e. The van der Waals surface area contributed by atoms with E-state index in [0.717, 1.165) is 25.8 Å². The number of aliphatic carboxylic acids is 1. The molecule has 17 heavy (non-hydrogen) atoms. The molecule has 2 aliphatic rings. The van der Waals surface area contributed by atoms with Crippen LogP contribution in [0.2, 0.25) is 0 Å². The van der Waals surface area contributed by atoms with Gasteiger partial charge in [-0.25, -0.2) is 0 Å². The lowest BCUT2D eigenvalue weighted by Gasteiger charge is -2.37. The summed E-state index contributed by atoms with van der Waals surface area (Å²) < 4.78 is 0. The molecule has 1 aliphatic heterocycles. The summed E-state index contributed by atoms with van der Waals surface area (Å²) in [5, 5.41) is 12.1. The average molecular weight is 240 g/mol. The van der Waals surface area contributed by atoms with Crippen LogP contribution in [-0.4, -0.2) is 47.6 Å². The second-order valence-corrected chi connectivity index (χ2v) is 5.52. The number of carbonyl (C=O) groups excluding carboxylic acids is 1. The van der Waals surface area contributed by atoms with E-state index in [-0.39, 0.29) is 5.91 Å². The van der Waals surface area contributed by atoms with Crippen LogP contribution in [0.5, 0.6) is 0 Å². The largest absolute Gasteiger partial charge is 0.481 e. The van der Waals surface area contributed by atoms with Crippen molar-refractivity contribution in [1.29, 1.82) is 0 Å². The summed E-state index contributed by atoms with van der Waals surface area (Å²) in [7, 11) is 0. The Morgan fingerprint density at radius 3 is 2.76 bits per heavy atom. The van der Waals surface area contributed by atoms with Crippen LogP contribution in [0.15, 0.2) is 0 Å². The van der Waals surface area contributed by atoms with Crippen LogP contribution >= 0.6 is 0 Å². The van der Waals surface area contributed by atoms with Crippen LogP contribution in [0.25, 0.3) is 0 Å². The molecule has 1 unspecified atom stereocenters. The molecule has 96 valence electrons. The molecule has 5 nitrogen and oxygen atoms in total. The standard InChI is InChI=1S/C12H20N2O3/c1-12(11(16)17)5-2-6-14(8-12)7-10(15)13-9-3-4-9/h9H,2-8H2,1H3,(H,13,15)(H,16,17). The molecular formula is C12H20N2O3. The van der Waals surface area contributed by atoms with E-state index in [2.05, 4.69) is 5.32 Å².